The van der Waals surface area contributed by atoms with E-state index in [1.54, 1.807) is 13.2 Å². The minimum absolute atomic E-state index is 0.260. The summed E-state index contributed by atoms with van der Waals surface area (Å²) >= 11 is 0. The van der Waals surface area contributed by atoms with Crippen LogP contribution in [0.25, 0.3) is 0 Å². The maximum Gasteiger partial charge on any atom is 0.145 e. The Bertz CT molecular complexity index is 301. The SMILES string of the molecule is CCCC(COC)Nc1cc(NN)ncn1. The predicted molar refractivity (Wildman–Crippen MR) is 64.0 cm³/mol. The third kappa shape index (κ3) is 4.00. The molecule has 1 heterocycles. The van der Waals surface area contributed by atoms with Gasteiger partial charge in [-0.25, -0.2) is 15.8 Å². The van der Waals surface area contributed by atoms with Gasteiger partial charge in [-0.05, 0) is 6.42 Å². The second kappa shape index (κ2) is 6.97. The monoisotopic (exact) mass is 225 g/mol. The van der Waals surface area contributed by atoms with Crippen molar-refractivity contribution in [3.05, 3.63) is 12.4 Å². The first-order chi connectivity index (χ1) is 7.80. The van der Waals surface area contributed by atoms with Crippen molar-refractivity contribution < 1.29 is 4.74 Å². The molecule has 0 saturated carbocycles. The van der Waals surface area contributed by atoms with E-state index in [-0.39, 0.29) is 6.04 Å². The number of methoxy groups -OCH3 is 1. The van der Waals surface area contributed by atoms with Crippen LogP contribution in [0.5, 0.6) is 0 Å². The first-order valence-electron chi connectivity index (χ1n) is 5.34. The number of nitrogens with zero attached hydrogens (tertiary/aromatic N) is 2. The molecule has 1 aromatic heterocycles. The summed E-state index contributed by atoms with van der Waals surface area (Å²) in [6.07, 6.45) is 3.59. The molecule has 0 bridgehead atoms. The zero-order valence-electron chi connectivity index (χ0n) is 9.73. The molecule has 0 aliphatic rings. The predicted octanol–water partition coefficient (Wildman–Crippen LogP) is 0.989. The molecular weight excluding hydrogens is 206 g/mol. The number of ether oxygens (including phenoxy) is 1. The highest BCUT2D eigenvalue weighted by molar-refractivity contribution is 5.46. The number of nitrogen functional groups attached to an aromatic ring is 1. The maximum absolute atomic E-state index is 5.27. The molecule has 1 rings (SSSR count). The van der Waals surface area contributed by atoms with Crippen LogP contribution >= 0.6 is 0 Å². The average Bonchev–Trinajstić information content (AvgIpc) is 2.30. The van der Waals surface area contributed by atoms with E-state index in [1.165, 1.54) is 6.33 Å². The number of aromatic nitrogens is 2. The number of anilines is 2. The fourth-order valence-corrected chi connectivity index (χ4v) is 1.47. The summed E-state index contributed by atoms with van der Waals surface area (Å²) in [5.74, 6) is 6.61. The molecule has 0 spiro atoms. The van der Waals surface area contributed by atoms with Gasteiger partial charge in [-0.15, -0.1) is 0 Å². The third-order valence-corrected chi connectivity index (χ3v) is 2.17. The van der Waals surface area contributed by atoms with Crippen LogP contribution in [0.4, 0.5) is 11.6 Å². The van der Waals surface area contributed by atoms with Gasteiger partial charge in [0.1, 0.15) is 18.0 Å². The van der Waals surface area contributed by atoms with E-state index < -0.39 is 0 Å². The number of hydrogen-bond acceptors (Lipinski definition) is 6. The highest BCUT2D eigenvalue weighted by Gasteiger charge is 2.08. The van der Waals surface area contributed by atoms with E-state index in [9.17, 15) is 0 Å². The Labute approximate surface area is 95.6 Å². The van der Waals surface area contributed by atoms with Crippen molar-refractivity contribution in [3.8, 4) is 0 Å². The van der Waals surface area contributed by atoms with Gasteiger partial charge in [0, 0.05) is 13.2 Å². The molecule has 0 aliphatic heterocycles. The summed E-state index contributed by atoms with van der Waals surface area (Å²) in [5.41, 5.74) is 2.48. The smallest absolute Gasteiger partial charge is 0.145 e. The fourth-order valence-electron chi connectivity index (χ4n) is 1.47. The molecular formula is C10H19N5O. The quantitative estimate of drug-likeness (QED) is 0.474. The van der Waals surface area contributed by atoms with Crippen molar-refractivity contribution >= 4 is 11.6 Å². The largest absolute Gasteiger partial charge is 0.383 e. The van der Waals surface area contributed by atoms with Crippen molar-refractivity contribution in [1.29, 1.82) is 0 Å². The van der Waals surface area contributed by atoms with Crippen molar-refractivity contribution in [2.24, 2.45) is 5.84 Å². The van der Waals surface area contributed by atoms with Crippen molar-refractivity contribution in [2.45, 2.75) is 25.8 Å². The molecule has 1 unspecified atom stereocenters. The summed E-state index contributed by atoms with van der Waals surface area (Å²) in [7, 11) is 1.69. The second-order valence-corrected chi connectivity index (χ2v) is 3.52. The highest BCUT2D eigenvalue weighted by atomic mass is 16.5. The Kier molecular flexibility index (Phi) is 5.52. The second-order valence-electron chi connectivity index (χ2n) is 3.52. The van der Waals surface area contributed by atoms with Gasteiger partial charge < -0.3 is 15.5 Å². The Morgan fingerprint density at radius 3 is 2.81 bits per heavy atom. The Hall–Kier alpha value is -1.40. The normalized spacial score (nSPS) is 12.2. The number of nitrogens with two attached hydrogens (primary N) is 1. The van der Waals surface area contributed by atoms with Crippen molar-refractivity contribution in [3.63, 3.8) is 0 Å². The lowest BCUT2D eigenvalue weighted by Crippen LogP contribution is -2.25. The number of rotatable bonds is 7. The Balaban J connectivity index is 2.60. The molecule has 1 aromatic rings. The van der Waals surface area contributed by atoms with E-state index in [0.717, 1.165) is 18.7 Å². The molecule has 16 heavy (non-hydrogen) atoms. The van der Waals surface area contributed by atoms with Crippen LogP contribution in [0.3, 0.4) is 0 Å². The summed E-state index contributed by atoms with van der Waals surface area (Å²) in [6.45, 7) is 2.79. The van der Waals surface area contributed by atoms with Gasteiger partial charge in [0.05, 0.1) is 12.6 Å². The van der Waals surface area contributed by atoms with Gasteiger partial charge in [0.2, 0.25) is 0 Å². The molecule has 0 aromatic carbocycles. The molecule has 0 saturated heterocycles. The first-order valence-corrected chi connectivity index (χ1v) is 5.34. The van der Waals surface area contributed by atoms with Crippen LogP contribution in [-0.4, -0.2) is 29.7 Å². The van der Waals surface area contributed by atoms with E-state index in [2.05, 4.69) is 27.6 Å². The fraction of sp³-hybridized carbons (Fsp3) is 0.600. The summed E-state index contributed by atoms with van der Waals surface area (Å²) in [6, 6.07) is 2.02. The van der Waals surface area contributed by atoms with Crippen molar-refractivity contribution in [1.82, 2.24) is 9.97 Å². The zero-order chi connectivity index (χ0) is 11.8. The highest BCUT2D eigenvalue weighted by Crippen LogP contribution is 2.10. The van der Waals surface area contributed by atoms with E-state index in [0.29, 0.717) is 12.4 Å². The van der Waals surface area contributed by atoms with Gasteiger partial charge in [-0.2, -0.15) is 0 Å². The summed E-state index contributed by atoms with van der Waals surface area (Å²) in [4.78, 5) is 8.06. The molecule has 0 radical (unpaired) electrons. The molecule has 0 aliphatic carbocycles. The third-order valence-electron chi connectivity index (χ3n) is 2.17. The number of hydrazine groups is 1. The summed E-state index contributed by atoms with van der Waals surface area (Å²) in [5, 5.41) is 3.28. The lowest BCUT2D eigenvalue weighted by atomic mass is 10.2. The average molecular weight is 225 g/mol. The molecule has 4 N–H and O–H groups in total. The summed E-state index contributed by atoms with van der Waals surface area (Å²) < 4.78 is 5.14. The van der Waals surface area contributed by atoms with Gasteiger partial charge >= 0.3 is 0 Å². The molecule has 6 heteroatoms. The van der Waals surface area contributed by atoms with Crippen LogP contribution in [-0.2, 0) is 4.74 Å². The zero-order valence-corrected chi connectivity index (χ0v) is 9.73. The van der Waals surface area contributed by atoms with Crippen molar-refractivity contribution in [2.75, 3.05) is 24.5 Å². The van der Waals surface area contributed by atoms with E-state index >= 15 is 0 Å². The Morgan fingerprint density at radius 1 is 1.44 bits per heavy atom. The molecule has 0 fully saturated rings. The van der Waals surface area contributed by atoms with Crippen LogP contribution in [0.2, 0.25) is 0 Å². The first kappa shape index (κ1) is 12.7. The minimum Gasteiger partial charge on any atom is -0.383 e. The molecule has 90 valence electrons. The van der Waals surface area contributed by atoms with E-state index in [1.807, 2.05) is 0 Å². The number of nitrogens with one attached hydrogen (secondary N) is 2. The van der Waals surface area contributed by atoms with Crippen LogP contribution in [0.15, 0.2) is 12.4 Å². The van der Waals surface area contributed by atoms with Gasteiger partial charge in [0.15, 0.2) is 0 Å². The Morgan fingerprint density at radius 2 is 2.19 bits per heavy atom. The topological polar surface area (TPSA) is 85.1 Å². The van der Waals surface area contributed by atoms with Crippen LogP contribution in [0, 0.1) is 0 Å². The van der Waals surface area contributed by atoms with Crippen LogP contribution < -0.4 is 16.6 Å². The number of hydrogen-bond donors (Lipinski definition) is 3. The van der Waals surface area contributed by atoms with E-state index in [4.69, 9.17) is 10.6 Å². The molecule has 1 atom stereocenters. The van der Waals surface area contributed by atoms with Gasteiger partial charge in [0.25, 0.3) is 0 Å². The lowest BCUT2D eigenvalue weighted by molar-refractivity contribution is 0.182. The van der Waals surface area contributed by atoms with Crippen LogP contribution in [0.1, 0.15) is 19.8 Å². The standard InChI is InChI=1S/C10H19N5O/c1-3-4-8(6-16-2)14-9-5-10(15-11)13-7-12-9/h5,7-8H,3-4,6,11H2,1-2H3,(H2,12,13,14,15). The minimum atomic E-state index is 0.260. The van der Waals surface area contributed by atoms with Gasteiger partial charge in [-0.3, -0.25) is 0 Å². The molecule has 0 amide bonds. The maximum atomic E-state index is 5.27. The molecule has 6 nitrogen and oxygen atoms in total. The lowest BCUT2D eigenvalue weighted by Gasteiger charge is -2.17. The van der Waals surface area contributed by atoms with Gasteiger partial charge in [-0.1, -0.05) is 13.3 Å².